The number of amides is 2. The molecule has 9 nitrogen and oxygen atoms in total. The average Bonchev–Trinajstić information content (AvgIpc) is 3.42. The zero-order chi connectivity index (χ0) is 18.0. The number of ether oxygens (including phenoxy) is 1. The highest BCUT2D eigenvalue weighted by molar-refractivity contribution is 6.39. The third-order valence-electron chi connectivity index (χ3n) is 5.05. The molecule has 1 N–H and O–H groups in total. The highest BCUT2D eigenvalue weighted by Gasteiger charge is 2.48. The minimum Gasteiger partial charge on any atom is -0.386 e. The highest BCUT2D eigenvalue weighted by Crippen LogP contribution is 2.34. The van der Waals surface area contributed by atoms with Crippen molar-refractivity contribution in [3.8, 4) is 0 Å². The Balaban J connectivity index is 1.31. The number of rotatable bonds is 4. The van der Waals surface area contributed by atoms with E-state index < -0.39 is 5.60 Å². The molecule has 0 bridgehead atoms. The summed E-state index contributed by atoms with van der Waals surface area (Å²) in [6.07, 6.45) is 6.07. The normalized spacial score (nSPS) is 27.5. The predicted octanol–water partition coefficient (Wildman–Crippen LogP) is 0.133. The fourth-order valence-corrected chi connectivity index (χ4v) is 3.59. The monoisotopic (exact) mass is 359 g/mol. The van der Waals surface area contributed by atoms with Crippen molar-refractivity contribution in [3.05, 3.63) is 24.0 Å². The number of hydrogen-bond donors (Lipinski definition) is 1. The van der Waals surface area contributed by atoms with Gasteiger partial charge in [0.1, 0.15) is 5.71 Å². The lowest BCUT2D eigenvalue weighted by Gasteiger charge is -2.21. The van der Waals surface area contributed by atoms with E-state index in [0.29, 0.717) is 43.8 Å². The quantitative estimate of drug-likeness (QED) is 0.819. The molecule has 26 heavy (non-hydrogen) atoms. The van der Waals surface area contributed by atoms with E-state index in [2.05, 4.69) is 20.7 Å². The van der Waals surface area contributed by atoms with Gasteiger partial charge in [-0.05, 0) is 18.9 Å². The van der Waals surface area contributed by atoms with Crippen LogP contribution in [0.25, 0.3) is 0 Å². The molecule has 2 fully saturated rings. The molecule has 3 aliphatic heterocycles. The van der Waals surface area contributed by atoms with Gasteiger partial charge in [0.05, 0.1) is 30.6 Å². The number of nitrogens with one attached hydrogen (secondary N) is 1. The molecule has 1 spiro atoms. The van der Waals surface area contributed by atoms with Gasteiger partial charge in [0.15, 0.2) is 5.60 Å². The van der Waals surface area contributed by atoms with E-state index in [1.807, 2.05) is 0 Å². The van der Waals surface area contributed by atoms with Crippen LogP contribution in [0.15, 0.2) is 23.6 Å². The van der Waals surface area contributed by atoms with Crippen molar-refractivity contribution in [2.24, 2.45) is 5.16 Å². The van der Waals surface area contributed by atoms with E-state index >= 15 is 0 Å². The molecule has 138 valence electrons. The summed E-state index contributed by atoms with van der Waals surface area (Å²) in [6, 6.07) is 1.64. The van der Waals surface area contributed by atoms with E-state index in [1.165, 1.54) is 12.4 Å². The van der Waals surface area contributed by atoms with Gasteiger partial charge in [-0.15, -0.1) is 0 Å². The fourth-order valence-electron chi connectivity index (χ4n) is 3.59. The van der Waals surface area contributed by atoms with E-state index in [4.69, 9.17) is 9.57 Å². The molecule has 1 aromatic heterocycles. The lowest BCUT2D eigenvalue weighted by Crippen LogP contribution is -2.40. The zero-order valence-corrected chi connectivity index (χ0v) is 14.4. The van der Waals surface area contributed by atoms with Gasteiger partial charge in [0.2, 0.25) is 0 Å². The van der Waals surface area contributed by atoms with Crippen LogP contribution in [0.1, 0.15) is 36.0 Å². The Hall–Kier alpha value is -2.55. The van der Waals surface area contributed by atoms with E-state index in [9.17, 15) is 9.59 Å². The SMILES string of the molecule is O=C(NC[C@H]1CCCO1)C1=NO[C@@]2(CCN(C(=O)c3ccnnc3)C2)C1. The van der Waals surface area contributed by atoms with Crippen LogP contribution in [0.3, 0.4) is 0 Å². The van der Waals surface area contributed by atoms with E-state index in [-0.39, 0.29) is 17.9 Å². The maximum absolute atomic E-state index is 12.5. The molecule has 0 unspecified atom stereocenters. The van der Waals surface area contributed by atoms with Gasteiger partial charge in [-0.2, -0.15) is 10.2 Å². The van der Waals surface area contributed by atoms with E-state index in [0.717, 1.165) is 19.4 Å². The number of carbonyl (C=O) groups excluding carboxylic acids is 2. The third-order valence-corrected chi connectivity index (χ3v) is 5.05. The molecule has 0 aromatic carbocycles. The van der Waals surface area contributed by atoms with Crippen LogP contribution in [-0.4, -0.2) is 70.6 Å². The first kappa shape index (κ1) is 16.9. The van der Waals surface area contributed by atoms with Crippen molar-refractivity contribution in [1.82, 2.24) is 20.4 Å². The van der Waals surface area contributed by atoms with Crippen molar-refractivity contribution in [2.75, 3.05) is 26.2 Å². The summed E-state index contributed by atoms with van der Waals surface area (Å²) in [4.78, 5) is 32.1. The molecule has 0 aliphatic carbocycles. The summed E-state index contributed by atoms with van der Waals surface area (Å²) in [5.74, 6) is -0.336. The molecule has 2 amide bonds. The molecular formula is C17H21N5O4. The van der Waals surface area contributed by atoms with E-state index in [1.54, 1.807) is 11.0 Å². The molecule has 4 rings (SSSR count). The van der Waals surface area contributed by atoms with Crippen molar-refractivity contribution in [1.29, 1.82) is 0 Å². The summed E-state index contributed by atoms with van der Waals surface area (Å²) in [5, 5.41) is 14.3. The summed E-state index contributed by atoms with van der Waals surface area (Å²) in [6.45, 7) is 2.21. The van der Waals surface area contributed by atoms with Crippen LogP contribution in [0, 0.1) is 0 Å². The van der Waals surface area contributed by atoms with Gasteiger partial charge in [0, 0.05) is 32.5 Å². The minimum absolute atomic E-state index is 0.0874. The van der Waals surface area contributed by atoms with Crippen LogP contribution < -0.4 is 5.32 Å². The summed E-state index contributed by atoms with van der Waals surface area (Å²) >= 11 is 0. The Morgan fingerprint density at radius 2 is 2.31 bits per heavy atom. The maximum Gasteiger partial charge on any atom is 0.269 e. The van der Waals surface area contributed by atoms with Crippen LogP contribution in [0.4, 0.5) is 0 Å². The summed E-state index contributed by atoms with van der Waals surface area (Å²) in [5.41, 5.74) is 0.264. The third kappa shape index (κ3) is 3.39. The lowest BCUT2D eigenvalue weighted by molar-refractivity contribution is -0.115. The van der Waals surface area contributed by atoms with Crippen molar-refractivity contribution >= 4 is 17.5 Å². The topological polar surface area (TPSA) is 106 Å². The standard InChI is InChI=1S/C17H21N5O4/c23-15(18-10-13-2-1-7-25-13)14-8-17(26-21-14)4-6-22(11-17)16(24)12-3-5-19-20-9-12/h3,5,9,13H,1-2,4,6-8,10-11H2,(H,18,23)/t13-,17+/m1/s1. The molecule has 4 heterocycles. The van der Waals surface area contributed by atoms with Crippen LogP contribution in [0.5, 0.6) is 0 Å². The molecule has 3 aliphatic rings. The summed E-state index contributed by atoms with van der Waals surface area (Å²) < 4.78 is 5.50. The Bertz CT molecular complexity index is 719. The number of hydrogen-bond acceptors (Lipinski definition) is 7. The Morgan fingerprint density at radius 3 is 3.08 bits per heavy atom. The fraction of sp³-hybridized carbons (Fsp3) is 0.588. The highest BCUT2D eigenvalue weighted by atomic mass is 16.7. The Labute approximate surface area is 150 Å². The van der Waals surface area contributed by atoms with Gasteiger partial charge in [-0.25, -0.2) is 0 Å². The van der Waals surface area contributed by atoms with Crippen LogP contribution >= 0.6 is 0 Å². The molecule has 2 saturated heterocycles. The number of carbonyl (C=O) groups is 2. The van der Waals surface area contributed by atoms with Gasteiger partial charge < -0.3 is 19.8 Å². The molecule has 2 atom stereocenters. The second kappa shape index (κ2) is 6.99. The first-order valence-electron chi connectivity index (χ1n) is 8.86. The second-order valence-corrected chi connectivity index (χ2v) is 6.94. The van der Waals surface area contributed by atoms with Gasteiger partial charge in [0.25, 0.3) is 11.8 Å². The first-order chi connectivity index (χ1) is 12.7. The minimum atomic E-state index is -0.605. The Kier molecular flexibility index (Phi) is 4.54. The maximum atomic E-state index is 12.5. The van der Waals surface area contributed by atoms with Crippen molar-refractivity contribution in [2.45, 2.75) is 37.4 Å². The number of aromatic nitrogens is 2. The number of oxime groups is 1. The smallest absolute Gasteiger partial charge is 0.269 e. The largest absolute Gasteiger partial charge is 0.386 e. The second-order valence-electron chi connectivity index (χ2n) is 6.94. The Morgan fingerprint density at radius 1 is 1.38 bits per heavy atom. The van der Waals surface area contributed by atoms with Crippen LogP contribution in [0.2, 0.25) is 0 Å². The first-order valence-corrected chi connectivity index (χ1v) is 8.86. The van der Waals surface area contributed by atoms with Gasteiger partial charge in [-0.1, -0.05) is 5.16 Å². The molecular weight excluding hydrogens is 338 g/mol. The molecule has 9 heteroatoms. The van der Waals surface area contributed by atoms with Crippen LogP contribution in [-0.2, 0) is 14.4 Å². The van der Waals surface area contributed by atoms with Gasteiger partial charge >= 0.3 is 0 Å². The lowest BCUT2D eigenvalue weighted by atomic mass is 9.96. The average molecular weight is 359 g/mol. The van der Waals surface area contributed by atoms with Crippen molar-refractivity contribution < 1.29 is 19.2 Å². The summed E-state index contributed by atoms with van der Waals surface area (Å²) in [7, 11) is 0. The molecule has 1 aromatic rings. The predicted molar refractivity (Wildman–Crippen MR) is 90.4 cm³/mol. The van der Waals surface area contributed by atoms with Crippen molar-refractivity contribution in [3.63, 3.8) is 0 Å². The zero-order valence-electron chi connectivity index (χ0n) is 14.4. The number of likely N-dealkylation sites (tertiary alicyclic amines) is 1. The number of nitrogens with zero attached hydrogens (tertiary/aromatic N) is 4. The van der Waals surface area contributed by atoms with Gasteiger partial charge in [-0.3, -0.25) is 9.59 Å². The molecule has 0 radical (unpaired) electrons. The molecule has 0 saturated carbocycles.